The van der Waals surface area contributed by atoms with Crippen LogP contribution in [0.5, 0.6) is 0 Å². The molecule has 0 bridgehead atoms. The highest BCUT2D eigenvalue weighted by Gasteiger charge is 2.15. The zero-order valence-corrected chi connectivity index (χ0v) is 9.12. The van der Waals surface area contributed by atoms with E-state index in [1.54, 1.807) is 11.9 Å². The summed E-state index contributed by atoms with van der Waals surface area (Å²) in [6.07, 6.45) is 2.74. The van der Waals surface area contributed by atoms with Gasteiger partial charge in [-0.3, -0.25) is 4.79 Å². The summed E-state index contributed by atoms with van der Waals surface area (Å²) in [5.74, 6) is -0.149. The van der Waals surface area contributed by atoms with Crippen molar-refractivity contribution in [1.82, 2.24) is 14.9 Å². The third-order valence-corrected chi connectivity index (χ3v) is 2.13. The smallest absolute Gasteiger partial charge is 0.274 e. The summed E-state index contributed by atoms with van der Waals surface area (Å²) < 4.78 is 0. The molecule has 76 valence electrons. The molecule has 0 unspecified atom stereocenters. The van der Waals surface area contributed by atoms with Gasteiger partial charge in [0.1, 0.15) is 10.8 Å². The molecule has 1 rings (SSSR count). The molecule has 0 radical (unpaired) electrons. The van der Waals surface area contributed by atoms with Gasteiger partial charge in [-0.05, 0) is 13.8 Å². The molecule has 14 heavy (non-hydrogen) atoms. The Labute approximate surface area is 87.9 Å². The second kappa shape index (κ2) is 4.37. The first-order valence-electron chi connectivity index (χ1n) is 4.27. The topological polar surface area (TPSA) is 46.1 Å². The van der Waals surface area contributed by atoms with E-state index >= 15 is 0 Å². The molecule has 1 heterocycles. The summed E-state index contributed by atoms with van der Waals surface area (Å²) in [6, 6.07) is 0.139. The van der Waals surface area contributed by atoms with Crippen LogP contribution >= 0.6 is 11.6 Å². The van der Waals surface area contributed by atoms with Crippen molar-refractivity contribution < 1.29 is 4.79 Å². The summed E-state index contributed by atoms with van der Waals surface area (Å²) in [4.78, 5) is 21.0. The fraction of sp³-hybridized carbons (Fsp3) is 0.444. The minimum Gasteiger partial charge on any atom is -0.338 e. The average Bonchev–Trinajstić information content (AvgIpc) is 2.16. The molecular formula is C9H12ClN3O. The van der Waals surface area contributed by atoms with E-state index in [1.165, 1.54) is 12.4 Å². The fourth-order valence-corrected chi connectivity index (χ4v) is 0.936. The number of aromatic nitrogens is 2. The van der Waals surface area contributed by atoms with E-state index in [-0.39, 0.29) is 17.1 Å². The Morgan fingerprint density at radius 3 is 2.50 bits per heavy atom. The van der Waals surface area contributed by atoms with Crippen LogP contribution in [0.3, 0.4) is 0 Å². The Morgan fingerprint density at radius 2 is 2.07 bits per heavy atom. The molecule has 0 saturated carbocycles. The predicted molar refractivity (Wildman–Crippen MR) is 54.3 cm³/mol. The highest BCUT2D eigenvalue weighted by atomic mass is 35.5. The molecule has 0 N–H and O–H groups in total. The van der Waals surface area contributed by atoms with Crippen LogP contribution in [0.15, 0.2) is 12.4 Å². The molecule has 0 aliphatic carbocycles. The lowest BCUT2D eigenvalue weighted by Gasteiger charge is -2.20. The van der Waals surface area contributed by atoms with Crippen LogP contribution in [0.1, 0.15) is 24.3 Å². The highest BCUT2D eigenvalue weighted by Crippen LogP contribution is 2.05. The van der Waals surface area contributed by atoms with Gasteiger partial charge in [0.05, 0.1) is 12.4 Å². The van der Waals surface area contributed by atoms with Gasteiger partial charge in [0.25, 0.3) is 5.91 Å². The molecule has 0 aliphatic rings. The third-order valence-electron chi connectivity index (χ3n) is 1.93. The van der Waals surface area contributed by atoms with Crippen molar-refractivity contribution in [2.24, 2.45) is 0 Å². The van der Waals surface area contributed by atoms with E-state index in [0.717, 1.165) is 0 Å². The van der Waals surface area contributed by atoms with Gasteiger partial charge in [-0.2, -0.15) is 0 Å². The van der Waals surface area contributed by atoms with Gasteiger partial charge in [-0.25, -0.2) is 9.97 Å². The van der Waals surface area contributed by atoms with Gasteiger partial charge < -0.3 is 4.90 Å². The van der Waals surface area contributed by atoms with E-state index in [1.807, 2.05) is 13.8 Å². The van der Waals surface area contributed by atoms with Gasteiger partial charge in [0.15, 0.2) is 0 Å². The Bertz CT molecular complexity index is 323. The normalized spacial score (nSPS) is 10.4. The minimum absolute atomic E-state index is 0.139. The van der Waals surface area contributed by atoms with Crippen LogP contribution in [0.25, 0.3) is 0 Å². The molecule has 0 spiro atoms. The lowest BCUT2D eigenvalue weighted by atomic mass is 10.3. The van der Waals surface area contributed by atoms with E-state index < -0.39 is 0 Å². The van der Waals surface area contributed by atoms with Crippen molar-refractivity contribution in [1.29, 1.82) is 0 Å². The first kappa shape index (κ1) is 10.9. The van der Waals surface area contributed by atoms with Crippen molar-refractivity contribution in [2.45, 2.75) is 19.9 Å². The number of rotatable bonds is 2. The number of hydrogen-bond donors (Lipinski definition) is 0. The monoisotopic (exact) mass is 213 g/mol. The van der Waals surface area contributed by atoms with Crippen molar-refractivity contribution in [3.8, 4) is 0 Å². The zero-order valence-electron chi connectivity index (χ0n) is 8.36. The van der Waals surface area contributed by atoms with Crippen LogP contribution in [0.2, 0.25) is 5.15 Å². The second-order valence-corrected chi connectivity index (χ2v) is 3.62. The van der Waals surface area contributed by atoms with Crippen molar-refractivity contribution in [3.05, 3.63) is 23.2 Å². The summed E-state index contributed by atoms with van der Waals surface area (Å²) in [7, 11) is 1.73. The van der Waals surface area contributed by atoms with Crippen LogP contribution in [0.4, 0.5) is 0 Å². The fourth-order valence-electron chi connectivity index (χ4n) is 0.838. The van der Waals surface area contributed by atoms with Crippen molar-refractivity contribution in [3.63, 3.8) is 0 Å². The third kappa shape index (κ3) is 2.42. The number of amides is 1. The lowest BCUT2D eigenvalue weighted by Crippen LogP contribution is -2.33. The molecule has 1 aromatic heterocycles. The Morgan fingerprint density at radius 1 is 1.43 bits per heavy atom. The molecule has 4 nitrogen and oxygen atoms in total. The molecule has 0 saturated heterocycles. The summed E-state index contributed by atoms with van der Waals surface area (Å²) in [5.41, 5.74) is 0.311. The highest BCUT2D eigenvalue weighted by molar-refractivity contribution is 6.29. The SMILES string of the molecule is CC(C)N(C)C(=O)c1cnc(Cl)cn1. The van der Waals surface area contributed by atoms with Gasteiger partial charge in [0.2, 0.25) is 0 Å². The van der Waals surface area contributed by atoms with Crippen LogP contribution in [0, 0.1) is 0 Å². The van der Waals surface area contributed by atoms with Gasteiger partial charge in [-0.1, -0.05) is 11.6 Å². The van der Waals surface area contributed by atoms with Gasteiger partial charge >= 0.3 is 0 Å². The molecule has 0 fully saturated rings. The Hall–Kier alpha value is -1.16. The number of carbonyl (C=O) groups is 1. The first-order chi connectivity index (χ1) is 6.52. The first-order valence-corrected chi connectivity index (χ1v) is 4.65. The predicted octanol–water partition coefficient (Wildman–Crippen LogP) is 1.61. The maximum atomic E-state index is 11.7. The quantitative estimate of drug-likeness (QED) is 0.750. The number of halogens is 1. The molecular weight excluding hydrogens is 202 g/mol. The molecule has 1 aromatic rings. The Kier molecular flexibility index (Phi) is 3.41. The lowest BCUT2D eigenvalue weighted by molar-refractivity contribution is 0.0748. The number of carbonyl (C=O) groups excluding carboxylic acids is 1. The van der Waals surface area contributed by atoms with E-state index in [9.17, 15) is 4.79 Å². The van der Waals surface area contributed by atoms with Gasteiger partial charge in [0, 0.05) is 13.1 Å². The van der Waals surface area contributed by atoms with E-state index in [0.29, 0.717) is 5.69 Å². The van der Waals surface area contributed by atoms with Crippen molar-refractivity contribution >= 4 is 17.5 Å². The molecule has 5 heteroatoms. The number of nitrogens with zero attached hydrogens (tertiary/aromatic N) is 3. The van der Waals surface area contributed by atoms with E-state index in [2.05, 4.69) is 9.97 Å². The zero-order chi connectivity index (χ0) is 10.7. The molecule has 0 aliphatic heterocycles. The molecule has 1 amide bonds. The van der Waals surface area contributed by atoms with Crippen LogP contribution in [-0.4, -0.2) is 33.9 Å². The van der Waals surface area contributed by atoms with E-state index in [4.69, 9.17) is 11.6 Å². The minimum atomic E-state index is -0.149. The molecule has 0 atom stereocenters. The largest absolute Gasteiger partial charge is 0.338 e. The average molecular weight is 214 g/mol. The molecule has 0 aromatic carbocycles. The standard InChI is InChI=1S/C9H12ClN3O/c1-6(2)13(3)9(14)7-4-12-8(10)5-11-7/h4-6H,1-3H3. The Balaban J connectivity index is 2.84. The van der Waals surface area contributed by atoms with Crippen molar-refractivity contribution in [2.75, 3.05) is 7.05 Å². The maximum absolute atomic E-state index is 11.7. The second-order valence-electron chi connectivity index (χ2n) is 3.23. The van der Waals surface area contributed by atoms with Gasteiger partial charge in [-0.15, -0.1) is 0 Å². The number of hydrogen-bond acceptors (Lipinski definition) is 3. The summed E-state index contributed by atoms with van der Waals surface area (Å²) in [6.45, 7) is 3.86. The maximum Gasteiger partial charge on any atom is 0.274 e. The van der Waals surface area contributed by atoms with Crippen LogP contribution < -0.4 is 0 Å². The summed E-state index contributed by atoms with van der Waals surface area (Å²) in [5, 5.41) is 0.286. The summed E-state index contributed by atoms with van der Waals surface area (Å²) >= 11 is 5.56. The van der Waals surface area contributed by atoms with Crippen LogP contribution in [-0.2, 0) is 0 Å².